The van der Waals surface area contributed by atoms with Gasteiger partial charge in [0.05, 0.1) is 6.10 Å². The first-order valence-electron chi connectivity index (χ1n) is 4.41. The molecule has 5 atom stereocenters. The Labute approximate surface area is 80.7 Å². The van der Waals surface area contributed by atoms with Gasteiger partial charge < -0.3 is 25.2 Å². The molecule has 0 amide bonds. The second kappa shape index (κ2) is 4.22. The van der Waals surface area contributed by atoms with Crippen LogP contribution in [0.15, 0.2) is 0 Å². The quantitative estimate of drug-likeness (QED) is 0.430. The van der Waals surface area contributed by atoms with Gasteiger partial charge in [-0.05, 0) is 6.42 Å². The molecule has 6 nitrogen and oxygen atoms in total. The number of carbonyl (C=O) groups is 1. The van der Waals surface area contributed by atoms with Crippen molar-refractivity contribution in [1.29, 1.82) is 0 Å². The van der Waals surface area contributed by atoms with E-state index in [9.17, 15) is 20.1 Å². The van der Waals surface area contributed by atoms with Gasteiger partial charge in [-0.2, -0.15) is 0 Å². The molecule has 4 N–H and O–H groups in total. The highest BCUT2D eigenvalue weighted by Crippen LogP contribution is 2.23. The molecule has 0 spiro atoms. The Morgan fingerprint density at radius 2 is 1.79 bits per heavy atom. The van der Waals surface area contributed by atoms with Gasteiger partial charge >= 0.3 is 5.97 Å². The second-order valence-electron chi connectivity index (χ2n) is 3.31. The molecule has 3 unspecified atom stereocenters. The van der Waals surface area contributed by atoms with E-state index in [0.717, 1.165) is 0 Å². The van der Waals surface area contributed by atoms with Crippen LogP contribution in [0.25, 0.3) is 0 Å². The molecule has 1 fully saturated rings. The molecular weight excluding hydrogens is 192 g/mol. The average Bonchev–Trinajstić information content (AvgIpc) is 2.14. The summed E-state index contributed by atoms with van der Waals surface area (Å²) in [7, 11) is 0. The molecule has 6 heteroatoms. The molecule has 1 heterocycles. The van der Waals surface area contributed by atoms with Crippen molar-refractivity contribution in [3.05, 3.63) is 0 Å². The minimum Gasteiger partial charge on any atom is -0.479 e. The van der Waals surface area contributed by atoms with Crippen LogP contribution in [0, 0.1) is 0 Å². The highest BCUT2D eigenvalue weighted by molar-refractivity contribution is 5.73. The van der Waals surface area contributed by atoms with Crippen molar-refractivity contribution in [2.45, 2.75) is 43.9 Å². The molecule has 0 saturated carbocycles. The minimum atomic E-state index is -1.59. The van der Waals surface area contributed by atoms with Gasteiger partial charge in [-0.25, -0.2) is 4.79 Å². The van der Waals surface area contributed by atoms with E-state index in [2.05, 4.69) is 0 Å². The fraction of sp³-hybridized carbons (Fsp3) is 0.875. The lowest BCUT2D eigenvalue weighted by atomic mass is 9.94. The van der Waals surface area contributed by atoms with Gasteiger partial charge in [0.2, 0.25) is 0 Å². The molecule has 0 bridgehead atoms. The van der Waals surface area contributed by atoms with E-state index in [0.29, 0.717) is 6.42 Å². The van der Waals surface area contributed by atoms with Gasteiger partial charge in [0.25, 0.3) is 0 Å². The fourth-order valence-electron chi connectivity index (χ4n) is 1.49. The zero-order valence-electron chi connectivity index (χ0n) is 7.70. The van der Waals surface area contributed by atoms with Crippen molar-refractivity contribution in [1.82, 2.24) is 0 Å². The summed E-state index contributed by atoms with van der Waals surface area (Å²) in [5.41, 5.74) is 0. The summed E-state index contributed by atoms with van der Waals surface area (Å²) in [6.07, 6.45) is -6.17. The van der Waals surface area contributed by atoms with Gasteiger partial charge in [-0.3, -0.25) is 0 Å². The summed E-state index contributed by atoms with van der Waals surface area (Å²) in [4.78, 5) is 10.6. The third kappa shape index (κ3) is 1.88. The van der Waals surface area contributed by atoms with Crippen molar-refractivity contribution in [3.63, 3.8) is 0 Å². The third-order valence-electron chi connectivity index (χ3n) is 2.36. The zero-order chi connectivity index (χ0) is 10.9. The summed E-state index contributed by atoms with van der Waals surface area (Å²) in [5.74, 6) is -1.35. The number of hydrogen-bond acceptors (Lipinski definition) is 5. The minimum absolute atomic E-state index is 0.370. The molecule has 0 radical (unpaired) electrons. The smallest absolute Gasteiger partial charge is 0.335 e. The first kappa shape index (κ1) is 11.4. The summed E-state index contributed by atoms with van der Waals surface area (Å²) in [5, 5.41) is 36.6. The first-order valence-corrected chi connectivity index (χ1v) is 4.41. The number of carboxylic acid groups (broad SMARTS) is 1. The Bertz CT molecular complexity index is 216. The number of rotatable bonds is 2. The number of aliphatic carboxylic acids is 1. The second-order valence-corrected chi connectivity index (χ2v) is 3.31. The van der Waals surface area contributed by atoms with Gasteiger partial charge in [-0.15, -0.1) is 0 Å². The third-order valence-corrected chi connectivity index (χ3v) is 2.36. The largest absolute Gasteiger partial charge is 0.479 e. The van der Waals surface area contributed by atoms with Crippen LogP contribution in [0.3, 0.4) is 0 Å². The number of ether oxygens (including phenoxy) is 1. The van der Waals surface area contributed by atoms with Gasteiger partial charge in [-0.1, -0.05) is 6.92 Å². The van der Waals surface area contributed by atoms with Crippen molar-refractivity contribution < 1.29 is 30.0 Å². The zero-order valence-corrected chi connectivity index (χ0v) is 7.70. The monoisotopic (exact) mass is 206 g/mol. The lowest BCUT2D eigenvalue weighted by molar-refractivity contribution is -0.227. The highest BCUT2D eigenvalue weighted by Gasteiger charge is 2.45. The normalized spacial score (nSPS) is 43.6. The molecule has 14 heavy (non-hydrogen) atoms. The molecule has 82 valence electrons. The van der Waals surface area contributed by atoms with E-state index in [1.165, 1.54) is 0 Å². The van der Waals surface area contributed by atoms with E-state index < -0.39 is 36.5 Å². The molecule has 0 aliphatic carbocycles. The van der Waals surface area contributed by atoms with Crippen molar-refractivity contribution >= 4 is 5.97 Å². The molecular formula is C8H14O6. The summed E-state index contributed by atoms with van der Waals surface area (Å²) in [6.45, 7) is 1.69. The van der Waals surface area contributed by atoms with Gasteiger partial charge in [0.1, 0.15) is 18.3 Å². The lowest BCUT2D eigenvalue weighted by Gasteiger charge is -2.38. The number of aliphatic hydroxyl groups is 3. The lowest BCUT2D eigenvalue weighted by Crippen LogP contribution is -2.59. The average molecular weight is 206 g/mol. The number of hydrogen-bond donors (Lipinski definition) is 4. The van der Waals surface area contributed by atoms with Gasteiger partial charge in [0.15, 0.2) is 6.10 Å². The molecule has 0 aromatic heterocycles. The van der Waals surface area contributed by atoms with Crippen LogP contribution < -0.4 is 0 Å². The summed E-state index contributed by atoms with van der Waals surface area (Å²) < 4.78 is 4.93. The highest BCUT2D eigenvalue weighted by atomic mass is 16.6. The molecule has 1 rings (SSSR count). The fourth-order valence-corrected chi connectivity index (χ4v) is 1.49. The molecule has 0 aromatic rings. The number of aliphatic hydroxyl groups excluding tert-OH is 3. The Kier molecular flexibility index (Phi) is 3.43. The van der Waals surface area contributed by atoms with E-state index in [-0.39, 0.29) is 0 Å². The van der Waals surface area contributed by atoms with E-state index >= 15 is 0 Å². The predicted molar refractivity (Wildman–Crippen MR) is 44.6 cm³/mol. The van der Waals surface area contributed by atoms with E-state index in [1.54, 1.807) is 6.92 Å². The van der Waals surface area contributed by atoms with Crippen LogP contribution in [0.4, 0.5) is 0 Å². The maximum Gasteiger partial charge on any atom is 0.335 e. The summed E-state index contributed by atoms with van der Waals surface area (Å²) >= 11 is 0. The Morgan fingerprint density at radius 1 is 1.21 bits per heavy atom. The Morgan fingerprint density at radius 3 is 2.21 bits per heavy atom. The van der Waals surface area contributed by atoms with Crippen LogP contribution >= 0.6 is 0 Å². The molecule has 1 aliphatic rings. The first-order chi connectivity index (χ1) is 6.49. The van der Waals surface area contributed by atoms with Crippen molar-refractivity contribution in [2.75, 3.05) is 0 Å². The molecule has 1 saturated heterocycles. The van der Waals surface area contributed by atoms with E-state index in [4.69, 9.17) is 9.84 Å². The topological polar surface area (TPSA) is 107 Å². The summed E-state index contributed by atoms with van der Waals surface area (Å²) in [6, 6.07) is 0. The molecule has 1 aliphatic heterocycles. The van der Waals surface area contributed by atoms with Crippen molar-refractivity contribution in [2.24, 2.45) is 0 Å². The van der Waals surface area contributed by atoms with Crippen LogP contribution in [0.5, 0.6) is 0 Å². The van der Waals surface area contributed by atoms with E-state index in [1.807, 2.05) is 0 Å². The Balaban J connectivity index is 2.78. The molecule has 0 aromatic carbocycles. The maximum absolute atomic E-state index is 10.6. The SMILES string of the molecule is CCC1O[C@H](C(=O)O)C(O)[C@H](O)C1O. The van der Waals surface area contributed by atoms with Crippen LogP contribution in [-0.4, -0.2) is 56.9 Å². The predicted octanol–water partition coefficient (Wildman–Crippen LogP) is -1.67. The van der Waals surface area contributed by atoms with Crippen LogP contribution in [-0.2, 0) is 9.53 Å². The van der Waals surface area contributed by atoms with Gasteiger partial charge in [0, 0.05) is 0 Å². The standard InChI is InChI=1S/C8H14O6/c1-2-3-4(9)5(10)6(11)7(14-3)8(12)13/h3-7,9-11H,2H2,1H3,(H,12,13)/t3?,4?,5-,6?,7+/m1/s1. The van der Waals surface area contributed by atoms with Crippen LogP contribution in [0.2, 0.25) is 0 Å². The van der Waals surface area contributed by atoms with Crippen LogP contribution in [0.1, 0.15) is 13.3 Å². The number of carboxylic acids is 1. The Hall–Kier alpha value is -0.690. The maximum atomic E-state index is 10.6. The van der Waals surface area contributed by atoms with Crippen molar-refractivity contribution in [3.8, 4) is 0 Å².